The van der Waals surface area contributed by atoms with Crippen LogP contribution in [0.1, 0.15) is 59.3 Å². The Labute approximate surface area is 88.5 Å². The van der Waals surface area contributed by atoms with E-state index in [0.29, 0.717) is 0 Å². The Morgan fingerprint density at radius 2 is 2.14 bits per heavy atom. The molecule has 0 nitrogen and oxygen atoms in total. The summed E-state index contributed by atoms with van der Waals surface area (Å²) >= 11 is 0. The molecule has 0 heteroatoms. The van der Waals surface area contributed by atoms with E-state index >= 15 is 0 Å². The highest BCUT2D eigenvalue weighted by Gasteiger charge is 2.71. The summed E-state index contributed by atoms with van der Waals surface area (Å²) in [5, 5.41) is 0. The van der Waals surface area contributed by atoms with E-state index < -0.39 is 0 Å². The molecule has 0 radical (unpaired) electrons. The molecule has 0 aromatic heterocycles. The Balaban J connectivity index is 1.79. The first-order valence-corrected chi connectivity index (χ1v) is 6.62. The van der Waals surface area contributed by atoms with Crippen molar-refractivity contribution in [3.63, 3.8) is 0 Å². The third kappa shape index (κ3) is 0.907. The van der Waals surface area contributed by atoms with E-state index in [2.05, 4.69) is 20.8 Å². The monoisotopic (exact) mass is 192 g/mol. The molecule has 3 saturated carbocycles. The largest absolute Gasteiger partial charge is 0.0654 e. The highest BCUT2D eigenvalue weighted by atomic mass is 14.8. The van der Waals surface area contributed by atoms with Gasteiger partial charge >= 0.3 is 0 Å². The van der Waals surface area contributed by atoms with Crippen LogP contribution in [0.2, 0.25) is 0 Å². The molecule has 80 valence electrons. The molecule has 3 aliphatic rings. The van der Waals surface area contributed by atoms with Gasteiger partial charge in [-0.3, -0.25) is 0 Å². The van der Waals surface area contributed by atoms with Crippen molar-refractivity contribution in [1.82, 2.24) is 0 Å². The average molecular weight is 192 g/mol. The first-order chi connectivity index (χ1) is 6.62. The molecule has 0 N–H and O–H groups in total. The van der Waals surface area contributed by atoms with Crippen molar-refractivity contribution in [3.05, 3.63) is 0 Å². The second-order valence-corrected chi connectivity index (χ2v) is 6.71. The zero-order valence-electron chi connectivity index (χ0n) is 9.97. The molecule has 0 amide bonds. The summed E-state index contributed by atoms with van der Waals surface area (Å²) in [6, 6.07) is 0. The lowest BCUT2D eigenvalue weighted by Gasteiger charge is -2.52. The number of hydrogen-bond donors (Lipinski definition) is 0. The van der Waals surface area contributed by atoms with Crippen molar-refractivity contribution in [1.29, 1.82) is 0 Å². The summed E-state index contributed by atoms with van der Waals surface area (Å²) in [7, 11) is 0. The van der Waals surface area contributed by atoms with Gasteiger partial charge in [-0.25, -0.2) is 0 Å². The fraction of sp³-hybridized carbons (Fsp3) is 1.00. The molecule has 3 fully saturated rings. The minimum absolute atomic E-state index is 0.809. The standard InChI is InChI=1S/C14H24/c1-4-5-10(2)14-7-6-11(14)12-8-13(12,3)9-14/h10-12H,4-9H2,1-3H3. The topological polar surface area (TPSA) is 0 Å². The molecule has 0 aromatic carbocycles. The van der Waals surface area contributed by atoms with E-state index in [1.807, 2.05) is 0 Å². The van der Waals surface area contributed by atoms with Crippen molar-refractivity contribution in [2.75, 3.05) is 0 Å². The molecule has 3 rings (SSSR count). The Morgan fingerprint density at radius 1 is 1.36 bits per heavy atom. The summed E-state index contributed by atoms with van der Waals surface area (Å²) in [6.07, 6.45) is 9.13. The molecule has 5 atom stereocenters. The van der Waals surface area contributed by atoms with E-state index in [-0.39, 0.29) is 0 Å². The maximum atomic E-state index is 2.55. The molecule has 0 bridgehead atoms. The molecule has 0 aliphatic heterocycles. The second-order valence-electron chi connectivity index (χ2n) is 6.71. The van der Waals surface area contributed by atoms with Gasteiger partial charge in [0.1, 0.15) is 0 Å². The van der Waals surface area contributed by atoms with Crippen LogP contribution >= 0.6 is 0 Å². The quantitative estimate of drug-likeness (QED) is 0.627. The fourth-order valence-electron chi connectivity index (χ4n) is 5.04. The van der Waals surface area contributed by atoms with Crippen LogP contribution in [0, 0.1) is 28.6 Å². The van der Waals surface area contributed by atoms with Crippen LogP contribution in [-0.2, 0) is 0 Å². The summed E-state index contributed by atoms with van der Waals surface area (Å²) in [4.78, 5) is 0. The highest BCUT2D eigenvalue weighted by Crippen LogP contribution is 2.79. The van der Waals surface area contributed by atoms with E-state index in [0.717, 1.165) is 28.6 Å². The van der Waals surface area contributed by atoms with Gasteiger partial charge in [-0.15, -0.1) is 0 Å². The molecular weight excluding hydrogens is 168 g/mol. The molecule has 0 spiro atoms. The SMILES string of the molecule is CCCC(C)C12CCC1C1CC1(C)C2. The molecule has 0 saturated heterocycles. The van der Waals surface area contributed by atoms with E-state index in [9.17, 15) is 0 Å². The van der Waals surface area contributed by atoms with Gasteiger partial charge in [0.2, 0.25) is 0 Å². The predicted molar refractivity (Wildman–Crippen MR) is 60.1 cm³/mol. The molecule has 3 aliphatic carbocycles. The lowest BCUT2D eigenvalue weighted by Crippen LogP contribution is -2.43. The molecule has 0 heterocycles. The third-order valence-corrected chi connectivity index (χ3v) is 6.00. The van der Waals surface area contributed by atoms with Crippen molar-refractivity contribution in [3.8, 4) is 0 Å². The van der Waals surface area contributed by atoms with Gasteiger partial charge in [0.25, 0.3) is 0 Å². The maximum absolute atomic E-state index is 2.55. The second kappa shape index (κ2) is 2.57. The fourth-order valence-corrected chi connectivity index (χ4v) is 5.04. The predicted octanol–water partition coefficient (Wildman–Crippen LogP) is 4.25. The summed E-state index contributed by atoms with van der Waals surface area (Å²) in [5.74, 6) is 3.31. The summed E-state index contributed by atoms with van der Waals surface area (Å²) in [6.45, 7) is 7.43. The van der Waals surface area contributed by atoms with Crippen molar-refractivity contribution in [2.24, 2.45) is 28.6 Å². The Kier molecular flexibility index (Phi) is 1.70. The van der Waals surface area contributed by atoms with Crippen LogP contribution in [0.4, 0.5) is 0 Å². The van der Waals surface area contributed by atoms with E-state index in [1.165, 1.54) is 12.8 Å². The Bertz CT molecular complexity index is 257. The smallest absolute Gasteiger partial charge is 0.0235 e. The Morgan fingerprint density at radius 3 is 2.64 bits per heavy atom. The summed E-state index contributed by atoms with van der Waals surface area (Å²) < 4.78 is 0. The molecule has 14 heavy (non-hydrogen) atoms. The van der Waals surface area contributed by atoms with Gasteiger partial charge in [-0.05, 0) is 54.3 Å². The van der Waals surface area contributed by atoms with Gasteiger partial charge in [0.15, 0.2) is 0 Å². The number of rotatable bonds is 3. The van der Waals surface area contributed by atoms with Crippen LogP contribution in [0.25, 0.3) is 0 Å². The highest BCUT2D eigenvalue weighted by molar-refractivity contribution is 5.20. The third-order valence-electron chi connectivity index (χ3n) is 6.00. The van der Waals surface area contributed by atoms with Gasteiger partial charge in [0, 0.05) is 0 Å². The van der Waals surface area contributed by atoms with Crippen molar-refractivity contribution < 1.29 is 0 Å². The van der Waals surface area contributed by atoms with Gasteiger partial charge < -0.3 is 0 Å². The Hall–Kier alpha value is 0. The molecular formula is C14H24. The number of fused-ring (bicyclic) bond motifs is 3. The zero-order chi connectivity index (χ0) is 9.97. The minimum atomic E-state index is 0.809. The van der Waals surface area contributed by atoms with Crippen LogP contribution in [-0.4, -0.2) is 0 Å². The van der Waals surface area contributed by atoms with E-state index in [4.69, 9.17) is 0 Å². The first-order valence-electron chi connectivity index (χ1n) is 6.62. The number of hydrogen-bond acceptors (Lipinski definition) is 0. The molecule has 5 unspecified atom stereocenters. The van der Waals surface area contributed by atoms with Gasteiger partial charge in [-0.1, -0.05) is 33.6 Å². The maximum Gasteiger partial charge on any atom is -0.0235 e. The lowest BCUT2D eigenvalue weighted by molar-refractivity contribution is -0.0239. The normalized spacial score (nSPS) is 55.9. The summed E-state index contributed by atoms with van der Waals surface area (Å²) in [5.41, 5.74) is 1.64. The average Bonchev–Trinajstić information content (AvgIpc) is 2.67. The first kappa shape index (κ1) is 9.24. The lowest BCUT2D eigenvalue weighted by atomic mass is 9.53. The van der Waals surface area contributed by atoms with Gasteiger partial charge in [0.05, 0.1) is 0 Å². The van der Waals surface area contributed by atoms with E-state index in [1.54, 1.807) is 25.7 Å². The van der Waals surface area contributed by atoms with Crippen molar-refractivity contribution in [2.45, 2.75) is 59.3 Å². The van der Waals surface area contributed by atoms with Gasteiger partial charge in [-0.2, -0.15) is 0 Å². The minimum Gasteiger partial charge on any atom is -0.0654 e. The van der Waals surface area contributed by atoms with Crippen LogP contribution in [0.15, 0.2) is 0 Å². The van der Waals surface area contributed by atoms with Crippen LogP contribution in [0.3, 0.4) is 0 Å². The zero-order valence-corrected chi connectivity index (χ0v) is 9.97. The van der Waals surface area contributed by atoms with Crippen LogP contribution in [0.5, 0.6) is 0 Å². The van der Waals surface area contributed by atoms with Crippen LogP contribution < -0.4 is 0 Å². The van der Waals surface area contributed by atoms with Crippen molar-refractivity contribution >= 4 is 0 Å². The molecule has 0 aromatic rings.